The maximum absolute atomic E-state index is 12.0. The molecule has 3 N–H and O–H groups in total. The van der Waals surface area contributed by atoms with Crippen LogP contribution in [0.15, 0.2) is 24.3 Å². The molecule has 4 nitrogen and oxygen atoms in total. The van der Waals surface area contributed by atoms with E-state index in [1.807, 2.05) is 31.2 Å². The van der Waals surface area contributed by atoms with Crippen molar-refractivity contribution in [2.45, 2.75) is 25.4 Å². The average Bonchev–Trinajstić information content (AvgIpc) is 2.33. The van der Waals surface area contributed by atoms with Crippen LogP contribution < -0.4 is 16.0 Å². The lowest BCUT2D eigenvalue weighted by molar-refractivity contribution is -0.124. The summed E-state index contributed by atoms with van der Waals surface area (Å²) >= 11 is 6.21. The van der Waals surface area contributed by atoms with Crippen molar-refractivity contribution in [2.75, 3.05) is 18.0 Å². The van der Waals surface area contributed by atoms with Gasteiger partial charge in [0.1, 0.15) is 6.04 Å². The number of nitrogens with one attached hydrogen (secondary N) is 1. The molecule has 1 aliphatic heterocycles. The van der Waals surface area contributed by atoms with Crippen LogP contribution in [-0.2, 0) is 4.79 Å². The second-order valence-corrected chi connectivity index (χ2v) is 5.01. The molecular formula is C13H18ClN3O. The van der Waals surface area contributed by atoms with Crippen molar-refractivity contribution >= 4 is 23.2 Å². The largest absolute Gasteiger partial charge is 0.356 e. The SMILES string of the molecule is CC1CN(c2ccccc2Cl)C(CCN)C(=O)N1. The van der Waals surface area contributed by atoms with Gasteiger partial charge in [-0.2, -0.15) is 0 Å². The number of amides is 1. The standard InChI is InChI=1S/C13H18ClN3O/c1-9-8-17(11-5-3-2-4-10(11)14)12(6-7-15)13(18)16-9/h2-5,9,12H,6-8,15H2,1H3,(H,16,18). The van der Waals surface area contributed by atoms with E-state index in [-0.39, 0.29) is 18.0 Å². The summed E-state index contributed by atoms with van der Waals surface area (Å²) in [4.78, 5) is 14.1. The van der Waals surface area contributed by atoms with Crippen LogP contribution in [0.4, 0.5) is 5.69 Å². The molecule has 1 amide bonds. The first-order valence-electron chi connectivity index (χ1n) is 6.15. The lowest BCUT2D eigenvalue weighted by Crippen LogP contribution is -2.59. The van der Waals surface area contributed by atoms with Gasteiger partial charge in [-0.3, -0.25) is 4.79 Å². The van der Waals surface area contributed by atoms with Crippen molar-refractivity contribution in [2.24, 2.45) is 5.73 Å². The summed E-state index contributed by atoms with van der Waals surface area (Å²) in [6.45, 7) is 3.22. The molecule has 0 aliphatic carbocycles. The van der Waals surface area contributed by atoms with Crippen LogP contribution in [0, 0.1) is 0 Å². The minimum absolute atomic E-state index is 0.0270. The second-order valence-electron chi connectivity index (χ2n) is 4.61. The smallest absolute Gasteiger partial charge is 0.243 e. The molecule has 98 valence electrons. The number of hydrogen-bond donors (Lipinski definition) is 2. The van der Waals surface area contributed by atoms with Crippen molar-refractivity contribution < 1.29 is 4.79 Å². The summed E-state index contributed by atoms with van der Waals surface area (Å²) < 4.78 is 0. The van der Waals surface area contributed by atoms with E-state index >= 15 is 0 Å². The number of carbonyl (C=O) groups excluding carboxylic acids is 1. The Morgan fingerprint density at radius 2 is 2.22 bits per heavy atom. The molecule has 0 radical (unpaired) electrons. The number of carbonyl (C=O) groups is 1. The number of piperazine rings is 1. The molecule has 1 aromatic carbocycles. The Bertz CT molecular complexity index is 438. The third-order valence-corrected chi connectivity index (χ3v) is 3.46. The molecule has 2 unspecified atom stereocenters. The van der Waals surface area contributed by atoms with Crippen LogP contribution in [0.3, 0.4) is 0 Å². The highest BCUT2D eigenvalue weighted by Crippen LogP contribution is 2.29. The molecule has 0 saturated carbocycles. The lowest BCUT2D eigenvalue weighted by atomic mass is 10.0. The average molecular weight is 268 g/mol. The molecule has 2 atom stereocenters. The molecule has 1 fully saturated rings. The van der Waals surface area contributed by atoms with Crippen LogP contribution >= 0.6 is 11.6 Å². The molecule has 0 spiro atoms. The Labute approximate surface area is 112 Å². The van der Waals surface area contributed by atoms with Gasteiger partial charge in [0, 0.05) is 12.6 Å². The zero-order valence-corrected chi connectivity index (χ0v) is 11.2. The monoisotopic (exact) mass is 267 g/mol. The van der Waals surface area contributed by atoms with Crippen molar-refractivity contribution in [1.82, 2.24) is 5.32 Å². The fraction of sp³-hybridized carbons (Fsp3) is 0.462. The van der Waals surface area contributed by atoms with Gasteiger partial charge in [-0.15, -0.1) is 0 Å². The van der Waals surface area contributed by atoms with Crippen LogP contribution in [-0.4, -0.2) is 31.1 Å². The Kier molecular flexibility index (Phi) is 4.09. The van der Waals surface area contributed by atoms with E-state index in [0.717, 1.165) is 12.2 Å². The Hall–Kier alpha value is -1.26. The van der Waals surface area contributed by atoms with Crippen molar-refractivity contribution in [3.05, 3.63) is 29.3 Å². The summed E-state index contributed by atoms with van der Waals surface area (Å²) in [5.74, 6) is 0.0270. The van der Waals surface area contributed by atoms with Gasteiger partial charge in [-0.25, -0.2) is 0 Å². The molecule has 18 heavy (non-hydrogen) atoms. The molecule has 0 bridgehead atoms. The summed E-state index contributed by atoms with van der Waals surface area (Å²) in [6.07, 6.45) is 0.629. The van der Waals surface area contributed by atoms with Gasteiger partial charge in [0.15, 0.2) is 0 Å². The van der Waals surface area contributed by atoms with Crippen LogP contribution in [0.5, 0.6) is 0 Å². The number of halogens is 1. The molecule has 1 saturated heterocycles. The second kappa shape index (κ2) is 5.59. The summed E-state index contributed by atoms with van der Waals surface area (Å²) in [6, 6.07) is 7.48. The molecule has 2 rings (SSSR count). The van der Waals surface area contributed by atoms with Crippen molar-refractivity contribution in [1.29, 1.82) is 0 Å². The first-order chi connectivity index (χ1) is 8.63. The van der Waals surface area contributed by atoms with Crippen molar-refractivity contribution in [3.8, 4) is 0 Å². The van der Waals surface area contributed by atoms with Crippen LogP contribution in [0.2, 0.25) is 5.02 Å². The minimum atomic E-state index is -0.230. The highest BCUT2D eigenvalue weighted by molar-refractivity contribution is 6.33. The highest BCUT2D eigenvalue weighted by atomic mass is 35.5. The number of rotatable bonds is 3. The zero-order valence-electron chi connectivity index (χ0n) is 10.4. The van der Waals surface area contributed by atoms with Gasteiger partial charge in [0.25, 0.3) is 0 Å². The van der Waals surface area contributed by atoms with Crippen LogP contribution in [0.25, 0.3) is 0 Å². The number of anilines is 1. The van der Waals surface area contributed by atoms with Gasteiger partial charge < -0.3 is 16.0 Å². The fourth-order valence-electron chi connectivity index (χ4n) is 2.34. The lowest BCUT2D eigenvalue weighted by Gasteiger charge is -2.40. The molecule has 0 aromatic heterocycles. The van der Waals surface area contributed by atoms with E-state index in [1.165, 1.54) is 0 Å². The zero-order chi connectivity index (χ0) is 13.1. The maximum Gasteiger partial charge on any atom is 0.243 e. The van der Waals surface area contributed by atoms with Gasteiger partial charge in [0.05, 0.1) is 10.7 Å². The van der Waals surface area contributed by atoms with E-state index in [9.17, 15) is 4.79 Å². The molecule has 5 heteroatoms. The predicted octanol–water partition coefficient (Wildman–Crippen LogP) is 1.38. The Morgan fingerprint density at radius 3 is 2.89 bits per heavy atom. The van der Waals surface area contributed by atoms with Crippen molar-refractivity contribution in [3.63, 3.8) is 0 Å². The first kappa shape index (κ1) is 13.2. The predicted molar refractivity (Wildman–Crippen MR) is 73.9 cm³/mol. The third-order valence-electron chi connectivity index (χ3n) is 3.14. The fourth-order valence-corrected chi connectivity index (χ4v) is 2.59. The normalized spacial score (nSPS) is 23.9. The van der Waals surface area contributed by atoms with E-state index in [1.54, 1.807) is 0 Å². The number of nitrogens with two attached hydrogens (primary N) is 1. The van der Waals surface area contributed by atoms with Gasteiger partial charge in [0.2, 0.25) is 5.91 Å². The Balaban J connectivity index is 2.32. The van der Waals surface area contributed by atoms with E-state index < -0.39 is 0 Å². The Morgan fingerprint density at radius 1 is 1.50 bits per heavy atom. The maximum atomic E-state index is 12.0. The topological polar surface area (TPSA) is 58.4 Å². The number of nitrogens with zero attached hydrogens (tertiary/aromatic N) is 1. The van der Waals surface area contributed by atoms with E-state index in [0.29, 0.717) is 18.0 Å². The minimum Gasteiger partial charge on any atom is -0.356 e. The third kappa shape index (κ3) is 2.60. The highest BCUT2D eigenvalue weighted by Gasteiger charge is 2.33. The summed E-state index contributed by atoms with van der Waals surface area (Å²) in [7, 11) is 0. The first-order valence-corrected chi connectivity index (χ1v) is 6.53. The van der Waals surface area contributed by atoms with E-state index in [2.05, 4.69) is 10.2 Å². The van der Waals surface area contributed by atoms with Gasteiger partial charge in [-0.1, -0.05) is 23.7 Å². The van der Waals surface area contributed by atoms with Crippen LogP contribution in [0.1, 0.15) is 13.3 Å². The van der Waals surface area contributed by atoms with Gasteiger partial charge in [-0.05, 0) is 32.0 Å². The molecule has 1 aromatic rings. The van der Waals surface area contributed by atoms with E-state index in [4.69, 9.17) is 17.3 Å². The quantitative estimate of drug-likeness (QED) is 0.870. The summed E-state index contributed by atoms with van der Waals surface area (Å²) in [5.41, 5.74) is 6.50. The summed E-state index contributed by atoms with van der Waals surface area (Å²) in [5, 5.41) is 3.62. The number of para-hydroxylation sites is 1. The van der Waals surface area contributed by atoms with Gasteiger partial charge >= 0.3 is 0 Å². The molecule has 1 aliphatic rings. The number of benzene rings is 1. The number of hydrogen-bond acceptors (Lipinski definition) is 3. The molecule has 1 heterocycles. The molecular weight excluding hydrogens is 250 g/mol.